The summed E-state index contributed by atoms with van der Waals surface area (Å²) in [5.41, 5.74) is 2.71. The van der Waals surface area contributed by atoms with Gasteiger partial charge in [-0.2, -0.15) is 0 Å². The van der Waals surface area contributed by atoms with Crippen LogP contribution in [-0.4, -0.2) is 23.2 Å². The fourth-order valence-electron chi connectivity index (χ4n) is 2.91. The molecule has 0 spiro atoms. The van der Waals surface area contributed by atoms with Crippen molar-refractivity contribution in [3.05, 3.63) is 58.6 Å². The first-order valence-electron chi connectivity index (χ1n) is 8.35. The Kier molecular flexibility index (Phi) is 4.37. The molecule has 3 heterocycles. The van der Waals surface area contributed by atoms with Gasteiger partial charge in [0.25, 0.3) is 11.6 Å². The Balaban J connectivity index is 1.81. The minimum absolute atomic E-state index is 0.271. The van der Waals surface area contributed by atoms with Crippen LogP contribution < -0.4 is 10.1 Å². The third-order valence-electron chi connectivity index (χ3n) is 4.21. The number of pyridine rings is 1. The Bertz CT molecular complexity index is 1150. The number of anilines is 1. The molecule has 3 aromatic heterocycles. The lowest BCUT2D eigenvalue weighted by Gasteiger charge is -2.11. The zero-order valence-corrected chi connectivity index (χ0v) is 15.9. The lowest BCUT2D eigenvalue weighted by Crippen LogP contribution is -2.13. The van der Waals surface area contributed by atoms with Gasteiger partial charge in [0, 0.05) is 4.88 Å². The van der Waals surface area contributed by atoms with Gasteiger partial charge in [0.05, 0.1) is 40.0 Å². The van der Waals surface area contributed by atoms with E-state index in [1.165, 1.54) is 4.88 Å². The van der Waals surface area contributed by atoms with Gasteiger partial charge in [0.1, 0.15) is 5.75 Å². The molecular weight excluding hydrogens is 362 g/mol. The monoisotopic (exact) mass is 379 g/mol. The maximum absolute atomic E-state index is 13.1. The molecule has 0 saturated carbocycles. The van der Waals surface area contributed by atoms with E-state index < -0.39 is 0 Å². The van der Waals surface area contributed by atoms with Crippen molar-refractivity contribution in [2.24, 2.45) is 0 Å². The van der Waals surface area contributed by atoms with Gasteiger partial charge >= 0.3 is 0 Å². The Hall–Kier alpha value is -3.19. The number of hydrogen-bond donors (Lipinski definition) is 1. The number of thiophene rings is 1. The number of ether oxygens (including phenoxy) is 1. The van der Waals surface area contributed by atoms with Crippen LogP contribution in [0.2, 0.25) is 0 Å². The minimum atomic E-state index is -0.271. The molecule has 1 N–H and O–H groups in total. The summed E-state index contributed by atoms with van der Waals surface area (Å²) in [6.45, 7) is 3.82. The summed E-state index contributed by atoms with van der Waals surface area (Å²) in [7, 11) is 1.57. The van der Waals surface area contributed by atoms with Gasteiger partial charge in [0.2, 0.25) is 0 Å². The van der Waals surface area contributed by atoms with Crippen LogP contribution in [0.25, 0.3) is 21.7 Å². The highest BCUT2D eigenvalue weighted by Crippen LogP contribution is 2.32. The van der Waals surface area contributed by atoms with Crippen molar-refractivity contribution < 1.29 is 14.1 Å². The number of benzene rings is 1. The number of hydrogen-bond acceptors (Lipinski definition) is 6. The summed E-state index contributed by atoms with van der Waals surface area (Å²) in [5.74, 6) is 0.319. The van der Waals surface area contributed by atoms with E-state index in [1.54, 1.807) is 43.6 Å². The SMILES string of the molecule is COc1ccccc1NC(=O)c1cc(-c2ccc(C)s2)nc2onc(C)c12. The van der Waals surface area contributed by atoms with Gasteiger partial charge in [-0.05, 0) is 44.2 Å². The first kappa shape index (κ1) is 17.2. The number of rotatable bonds is 4. The van der Waals surface area contributed by atoms with Gasteiger partial charge < -0.3 is 14.6 Å². The van der Waals surface area contributed by atoms with Gasteiger partial charge in [0.15, 0.2) is 0 Å². The van der Waals surface area contributed by atoms with E-state index in [0.29, 0.717) is 39.5 Å². The molecule has 0 saturated heterocycles. The van der Waals surface area contributed by atoms with Crippen LogP contribution in [-0.2, 0) is 0 Å². The van der Waals surface area contributed by atoms with E-state index in [4.69, 9.17) is 9.26 Å². The van der Waals surface area contributed by atoms with Gasteiger partial charge in [-0.25, -0.2) is 4.98 Å². The summed E-state index contributed by atoms with van der Waals surface area (Å²) in [6, 6.07) is 13.1. The van der Waals surface area contributed by atoms with Crippen LogP contribution >= 0.6 is 11.3 Å². The van der Waals surface area contributed by atoms with E-state index >= 15 is 0 Å². The number of carbonyl (C=O) groups excluding carboxylic acids is 1. The zero-order valence-electron chi connectivity index (χ0n) is 15.1. The fourth-order valence-corrected chi connectivity index (χ4v) is 3.74. The van der Waals surface area contributed by atoms with Crippen molar-refractivity contribution in [1.82, 2.24) is 10.1 Å². The number of para-hydroxylation sites is 2. The van der Waals surface area contributed by atoms with Crippen molar-refractivity contribution in [3.8, 4) is 16.3 Å². The molecule has 0 atom stereocenters. The van der Waals surface area contributed by atoms with Crippen LogP contribution in [0.4, 0.5) is 5.69 Å². The van der Waals surface area contributed by atoms with E-state index in [0.717, 1.165) is 4.88 Å². The normalized spacial score (nSPS) is 10.9. The highest BCUT2D eigenvalue weighted by Gasteiger charge is 2.20. The minimum Gasteiger partial charge on any atom is -0.495 e. The second-order valence-corrected chi connectivity index (χ2v) is 7.36. The Morgan fingerprint density at radius 1 is 1.19 bits per heavy atom. The summed E-state index contributed by atoms with van der Waals surface area (Å²) >= 11 is 1.61. The molecule has 27 heavy (non-hydrogen) atoms. The molecule has 0 aliphatic heterocycles. The predicted molar refractivity (Wildman–Crippen MR) is 106 cm³/mol. The molecule has 0 fully saturated rings. The molecule has 1 amide bonds. The van der Waals surface area contributed by atoms with Gasteiger partial charge in [-0.15, -0.1) is 11.3 Å². The van der Waals surface area contributed by atoms with Gasteiger partial charge in [-0.1, -0.05) is 17.3 Å². The molecule has 0 radical (unpaired) electrons. The highest BCUT2D eigenvalue weighted by molar-refractivity contribution is 7.15. The third kappa shape index (κ3) is 3.17. The third-order valence-corrected chi connectivity index (χ3v) is 5.23. The van der Waals surface area contributed by atoms with E-state index in [9.17, 15) is 4.79 Å². The molecule has 1 aromatic carbocycles. The summed E-state index contributed by atoms with van der Waals surface area (Å²) < 4.78 is 10.7. The van der Waals surface area contributed by atoms with Crippen LogP contribution in [0.3, 0.4) is 0 Å². The summed E-state index contributed by atoms with van der Waals surface area (Å²) in [4.78, 5) is 19.7. The number of carbonyl (C=O) groups is 1. The molecule has 7 heteroatoms. The number of aryl methyl sites for hydroxylation is 2. The summed E-state index contributed by atoms with van der Waals surface area (Å²) in [6.07, 6.45) is 0. The van der Waals surface area contributed by atoms with Crippen LogP contribution in [0.1, 0.15) is 20.9 Å². The quantitative estimate of drug-likeness (QED) is 0.549. The second kappa shape index (κ2) is 6.85. The Morgan fingerprint density at radius 2 is 2.00 bits per heavy atom. The molecule has 0 bridgehead atoms. The number of nitrogens with one attached hydrogen (secondary N) is 1. The number of nitrogens with zero attached hydrogens (tertiary/aromatic N) is 2. The highest BCUT2D eigenvalue weighted by atomic mass is 32.1. The van der Waals surface area contributed by atoms with Crippen molar-refractivity contribution in [2.75, 3.05) is 12.4 Å². The lowest BCUT2D eigenvalue weighted by atomic mass is 10.1. The standard InChI is InChI=1S/C20H17N3O3S/c1-11-8-9-17(27-11)15-10-13(18-12(2)23-26-20(18)22-15)19(24)21-14-6-4-5-7-16(14)25-3/h4-10H,1-3H3,(H,21,24). The number of aromatic nitrogens is 2. The maximum atomic E-state index is 13.1. The average molecular weight is 379 g/mol. The molecular formula is C20H17N3O3S. The van der Waals surface area contributed by atoms with E-state index in [-0.39, 0.29) is 5.91 Å². The fraction of sp³-hybridized carbons (Fsp3) is 0.150. The average Bonchev–Trinajstić information content (AvgIpc) is 3.27. The molecule has 4 rings (SSSR count). The van der Waals surface area contributed by atoms with Crippen LogP contribution in [0.5, 0.6) is 5.75 Å². The molecule has 0 unspecified atom stereocenters. The number of amides is 1. The Labute approximate surface area is 159 Å². The smallest absolute Gasteiger partial charge is 0.259 e. The predicted octanol–water partition coefficient (Wildman–Crippen LogP) is 4.83. The first-order valence-corrected chi connectivity index (χ1v) is 9.16. The largest absolute Gasteiger partial charge is 0.495 e. The Morgan fingerprint density at radius 3 is 2.74 bits per heavy atom. The van der Waals surface area contributed by atoms with Crippen LogP contribution in [0, 0.1) is 13.8 Å². The maximum Gasteiger partial charge on any atom is 0.259 e. The van der Waals surface area contributed by atoms with E-state index in [1.807, 2.05) is 31.2 Å². The topological polar surface area (TPSA) is 77.2 Å². The van der Waals surface area contributed by atoms with Crippen molar-refractivity contribution >= 4 is 34.0 Å². The molecule has 136 valence electrons. The molecule has 0 aliphatic rings. The van der Waals surface area contributed by atoms with Crippen molar-refractivity contribution in [1.29, 1.82) is 0 Å². The van der Waals surface area contributed by atoms with Crippen LogP contribution in [0.15, 0.2) is 47.0 Å². The summed E-state index contributed by atoms with van der Waals surface area (Å²) in [5, 5.41) is 7.50. The van der Waals surface area contributed by atoms with Gasteiger partial charge in [-0.3, -0.25) is 4.79 Å². The second-order valence-electron chi connectivity index (χ2n) is 6.07. The first-order chi connectivity index (χ1) is 13.1. The molecule has 4 aromatic rings. The number of fused-ring (bicyclic) bond motifs is 1. The number of methoxy groups -OCH3 is 1. The lowest BCUT2D eigenvalue weighted by molar-refractivity contribution is 0.102. The zero-order chi connectivity index (χ0) is 19.0. The van der Waals surface area contributed by atoms with E-state index in [2.05, 4.69) is 15.5 Å². The molecule has 6 nitrogen and oxygen atoms in total. The molecule has 0 aliphatic carbocycles. The van der Waals surface area contributed by atoms with Crippen molar-refractivity contribution in [3.63, 3.8) is 0 Å². The van der Waals surface area contributed by atoms with Crippen molar-refractivity contribution in [2.45, 2.75) is 13.8 Å².